The van der Waals surface area contributed by atoms with E-state index in [0.29, 0.717) is 11.8 Å². The SMILES string of the molecule is CNC(=O)C1=CC=CN[C]1OC. The summed E-state index contributed by atoms with van der Waals surface area (Å²) in [6.07, 6.45) is 5.60. The van der Waals surface area contributed by atoms with Gasteiger partial charge in [0.25, 0.3) is 5.91 Å². The van der Waals surface area contributed by atoms with Crippen molar-refractivity contribution in [3.05, 3.63) is 30.2 Å². The van der Waals surface area contributed by atoms with Crippen molar-refractivity contribution in [1.29, 1.82) is 0 Å². The number of hydrogen-bond acceptors (Lipinski definition) is 3. The summed E-state index contributed by atoms with van der Waals surface area (Å²) < 4.78 is 4.95. The molecular weight excluding hydrogens is 156 g/mol. The fraction of sp³-hybridized carbons (Fsp3) is 0.250. The molecule has 0 aromatic rings. The lowest BCUT2D eigenvalue weighted by Crippen LogP contribution is -2.31. The topological polar surface area (TPSA) is 50.4 Å². The summed E-state index contributed by atoms with van der Waals surface area (Å²) >= 11 is 0. The van der Waals surface area contributed by atoms with Crippen LogP contribution in [0.25, 0.3) is 0 Å². The second-order valence-corrected chi connectivity index (χ2v) is 2.20. The number of hydrogen-bond donors (Lipinski definition) is 2. The van der Waals surface area contributed by atoms with Gasteiger partial charge in [-0.2, -0.15) is 0 Å². The van der Waals surface area contributed by atoms with Crippen LogP contribution >= 0.6 is 0 Å². The maximum Gasteiger partial charge on any atom is 0.252 e. The van der Waals surface area contributed by atoms with Gasteiger partial charge in [0.05, 0.1) is 5.57 Å². The van der Waals surface area contributed by atoms with Crippen LogP contribution in [0.3, 0.4) is 0 Å². The fourth-order valence-corrected chi connectivity index (χ4v) is 0.904. The Bertz CT molecular complexity index is 233. The van der Waals surface area contributed by atoms with E-state index in [-0.39, 0.29) is 5.91 Å². The summed E-state index contributed by atoms with van der Waals surface area (Å²) in [5.74, 6) is -0.163. The van der Waals surface area contributed by atoms with Gasteiger partial charge in [0.2, 0.25) is 6.23 Å². The Hall–Kier alpha value is -1.29. The molecule has 0 spiro atoms. The summed E-state index contributed by atoms with van der Waals surface area (Å²) in [5, 5.41) is 5.34. The summed E-state index contributed by atoms with van der Waals surface area (Å²) in [7, 11) is 3.09. The molecule has 12 heavy (non-hydrogen) atoms. The minimum Gasteiger partial charge on any atom is -0.356 e. The largest absolute Gasteiger partial charge is 0.356 e. The predicted octanol–water partition coefficient (Wildman–Crippen LogP) is -0.0884. The van der Waals surface area contributed by atoms with Crippen molar-refractivity contribution in [1.82, 2.24) is 10.6 Å². The normalized spacial score (nSPS) is 16.7. The highest BCUT2D eigenvalue weighted by Gasteiger charge is 2.21. The number of ether oxygens (including phenoxy) is 1. The van der Waals surface area contributed by atoms with Gasteiger partial charge < -0.3 is 15.4 Å². The fourth-order valence-electron chi connectivity index (χ4n) is 0.904. The third kappa shape index (κ3) is 1.65. The van der Waals surface area contributed by atoms with Crippen LogP contribution in [0.5, 0.6) is 0 Å². The molecular formula is C8H11N2O2. The van der Waals surface area contributed by atoms with E-state index in [2.05, 4.69) is 10.6 Å². The van der Waals surface area contributed by atoms with Crippen molar-refractivity contribution in [3.63, 3.8) is 0 Å². The number of likely N-dealkylation sites (N-methyl/N-ethyl adjacent to an activating group) is 1. The Morgan fingerprint density at radius 2 is 2.42 bits per heavy atom. The minimum atomic E-state index is -0.163. The number of methoxy groups -OCH3 is 1. The summed E-state index contributed by atoms with van der Waals surface area (Å²) in [6, 6.07) is 0. The van der Waals surface area contributed by atoms with Crippen molar-refractivity contribution in [3.8, 4) is 0 Å². The van der Waals surface area contributed by atoms with E-state index >= 15 is 0 Å². The van der Waals surface area contributed by atoms with E-state index in [0.717, 1.165) is 0 Å². The number of carbonyl (C=O) groups is 1. The molecule has 4 nitrogen and oxygen atoms in total. The van der Waals surface area contributed by atoms with E-state index < -0.39 is 0 Å². The van der Waals surface area contributed by atoms with Gasteiger partial charge in [-0.1, -0.05) is 0 Å². The van der Waals surface area contributed by atoms with Crippen LogP contribution in [0.4, 0.5) is 0 Å². The van der Waals surface area contributed by atoms with Gasteiger partial charge in [-0.05, 0) is 18.4 Å². The molecule has 1 heterocycles. The molecule has 0 fully saturated rings. The maximum atomic E-state index is 11.2. The van der Waals surface area contributed by atoms with Crippen LogP contribution in [-0.4, -0.2) is 20.1 Å². The van der Waals surface area contributed by atoms with E-state index in [1.165, 1.54) is 7.11 Å². The molecule has 0 saturated heterocycles. The molecule has 1 aliphatic heterocycles. The number of allylic oxidation sites excluding steroid dienone is 2. The molecule has 65 valence electrons. The number of dihydropyridines is 1. The molecule has 0 bridgehead atoms. The Kier molecular flexibility index (Phi) is 2.88. The zero-order valence-corrected chi connectivity index (χ0v) is 7.05. The molecule has 0 unspecified atom stereocenters. The van der Waals surface area contributed by atoms with E-state index in [1.54, 1.807) is 25.4 Å². The Labute approximate surface area is 71.3 Å². The first kappa shape index (κ1) is 8.80. The van der Waals surface area contributed by atoms with Crippen LogP contribution < -0.4 is 10.6 Å². The van der Waals surface area contributed by atoms with Gasteiger partial charge in [-0.25, -0.2) is 0 Å². The summed E-state index contributed by atoms with van der Waals surface area (Å²) in [5.41, 5.74) is 0.502. The highest BCUT2D eigenvalue weighted by Crippen LogP contribution is 2.14. The number of amides is 1. The lowest BCUT2D eigenvalue weighted by molar-refractivity contribution is -0.117. The first-order valence-electron chi connectivity index (χ1n) is 3.56. The van der Waals surface area contributed by atoms with Gasteiger partial charge in [0.15, 0.2) is 0 Å². The van der Waals surface area contributed by atoms with Crippen LogP contribution in [0.1, 0.15) is 0 Å². The van der Waals surface area contributed by atoms with Crippen LogP contribution in [0.15, 0.2) is 23.9 Å². The zero-order valence-electron chi connectivity index (χ0n) is 7.05. The maximum absolute atomic E-state index is 11.2. The van der Waals surface area contributed by atoms with E-state index in [9.17, 15) is 4.79 Å². The Morgan fingerprint density at radius 3 is 3.00 bits per heavy atom. The van der Waals surface area contributed by atoms with Gasteiger partial charge in [-0.3, -0.25) is 4.79 Å². The zero-order chi connectivity index (χ0) is 8.97. The van der Waals surface area contributed by atoms with Gasteiger partial charge >= 0.3 is 0 Å². The molecule has 1 amide bonds. The number of rotatable bonds is 2. The van der Waals surface area contributed by atoms with E-state index in [1.807, 2.05) is 0 Å². The van der Waals surface area contributed by atoms with Gasteiger partial charge in [0, 0.05) is 14.2 Å². The second kappa shape index (κ2) is 3.92. The molecule has 4 heteroatoms. The quantitative estimate of drug-likeness (QED) is 0.604. The lowest BCUT2D eigenvalue weighted by atomic mass is 10.1. The van der Waals surface area contributed by atoms with Crippen LogP contribution in [0, 0.1) is 6.23 Å². The molecule has 0 atom stereocenters. The minimum absolute atomic E-state index is 0.163. The predicted molar refractivity (Wildman–Crippen MR) is 44.7 cm³/mol. The first-order valence-corrected chi connectivity index (χ1v) is 3.56. The van der Waals surface area contributed by atoms with Gasteiger partial charge in [-0.15, -0.1) is 0 Å². The smallest absolute Gasteiger partial charge is 0.252 e. The molecule has 1 radical (unpaired) electrons. The first-order chi connectivity index (χ1) is 5.79. The van der Waals surface area contributed by atoms with Crippen LogP contribution in [-0.2, 0) is 9.53 Å². The monoisotopic (exact) mass is 167 g/mol. The van der Waals surface area contributed by atoms with Crippen molar-refractivity contribution in [2.45, 2.75) is 0 Å². The average molecular weight is 167 g/mol. The standard InChI is InChI=1S/C8H11N2O2/c1-9-7(11)6-4-3-5-10-8(6)12-2/h3-5,10H,1-2H3,(H,9,11). The molecule has 1 aliphatic rings. The lowest BCUT2D eigenvalue weighted by Gasteiger charge is -2.18. The highest BCUT2D eigenvalue weighted by molar-refractivity contribution is 5.96. The van der Waals surface area contributed by atoms with Crippen LogP contribution in [0.2, 0.25) is 0 Å². The molecule has 0 aromatic carbocycles. The molecule has 1 rings (SSSR count). The van der Waals surface area contributed by atoms with E-state index in [4.69, 9.17) is 4.74 Å². The Balaban J connectivity index is 2.76. The third-order valence-electron chi connectivity index (χ3n) is 1.49. The summed E-state index contributed by atoms with van der Waals surface area (Å²) in [6.45, 7) is 0. The van der Waals surface area contributed by atoms with Crippen molar-refractivity contribution >= 4 is 5.91 Å². The average Bonchev–Trinajstić information content (AvgIpc) is 2.16. The molecule has 0 saturated carbocycles. The molecule has 0 aliphatic carbocycles. The third-order valence-corrected chi connectivity index (χ3v) is 1.49. The van der Waals surface area contributed by atoms with Crippen molar-refractivity contribution in [2.75, 3.05) is 14.2 Å². The summed E-state index contributed by atoms with van der Waals surface area (Å²) in [4.78, 5) is 11.2. The number of carbonyl (C=O) groups excluding carboxylic acids is 1. The van der Waals surface area contributed by atoms with Crippen molar-refractivity contribution < 1.29 is 9.53 Å². The second-order valence-electron chi connectivity index (χ2n) is 2.20. The molecule has 0 aromatic heterocycles. The van der Waals surface area contributed by atoms with Gasteiger partial charge in [0.1, 0.15) is 0 Å². The molecule has 2 N–H and O–H groups in total. The van der Waals surface area contributed by atoms with Crippen molar-refractivity contribution in [2.24, 2.45) is 0 Å². The highest BCUT2D eigenvalue weighted by atomic mass is 16.5. The number of nitrogens with one attached hydrogen (secondary N) is 2. The Morgan fingerprint density at radius 1 is 1.67 bits per heavy atom.